The lowest BCUT2D eigenvalue weighted by Crippen LogP contribution is -2.38. The van der Waals surface area contributed by atoms with Gasteiger partial charge in [-0.1, -0.05) is 12.1 Å². The van der Waals surface area contributed by atoms with Crippen molar-refractivity contribution < 1.29 is 28.4 Å². The normalized spacial score (nSPS) is 13.6. The molecule has 0 spiro atoms. The van der Waals surface area contributed by atoms with Crippen LogP contribution in [0.3, 0.4) is 0 Å². The van der Waals surface area contributed by atoms with Gasteiger partial charge in [0, 0.05) is 29.3 Å². The van der Waals surface area contributed by atoms with Gasteiger partial charge in [0.25, 0.3) is 5.69 Å². The zero-order valence-electron chi connectivity index (χ0n) is 20.4. The first-order chi connectivity index (χ1) is 18.1. The van der Waals surface area contributed by atoms with Crippen LogP contribution >= 0.6 is 0 Å². The van der Waals surface area contributed by atoms with Gasteiger partial charge in [-0.2, -0.15) is 4.57 Å². The van der Waals surface area contributed by atoms with E-state index in [0.29, 0.717) is 17.9 Å². The number of aryl methyl sites for hydroxylation is 2. The maximum atomic E-state index is 11.2. The number of fused-ring (bicyclic) bond motifs is 4. The zero-order chi connectivity index (χ0) is 25.3. The molecule has 5 aromatic rings. The van der Waals surface area contributed by atoms with Gasteiger partial charge in [-0.05, 0) is 47.4 Å². The van der Waals surface area contributed by atoms with Crippen LogP contribution in [0, 0.1) is 10.1 Å². The van der Waals surface area contributed by atoms with Gasteiger partial charge in [0.15, 0.2) is 35.7 Å². The predicted molar refractivity (Wildman–Crippen MR) is 138 cm³/mol. The Bertz CT molecular complexity index is 1780. The van der Waals surface area contributed by atoms with Crippen LogP contribution < -0.4 is 23.5 Å². The van der Waals surface area contributed by atoms with Gasteiger partial charge < -0.3 is 18.9 Å². The molecule has 0 saturated carbocycles. The molecule has 3 heterocycles. The molecule has 37 heavy (non-hydrogen) atoms. The number of nitro benzene ring substituents is 1. The number of nitrogens with zero attached hydrogens (tertiary/aromatic N) is 2. The fourth-order valence-electron chi connectivity index (χ4n) is 5.87. The van der Waals surface area contributed by atoms with Crippen molar-refractivity contribution in [3.63, 3.8) is 0 Å². The fraction of sp³-hybridized carbons (Fsp3) is 0.207. The number of pyridine rings is 1. The van der Waals surface area contributed by atoms with Crippen LogP contribution in [0.2, 0.25) is 0 Å². The highest BCUT2D eigenvalue weighted by molar-refractivity contribution is 6.18. The molecule has 0 amide bonds. The summed E-state index contributed by atoms with van der Waals surface area (Å²) in [6.07, 6.45) is 3.61. The zero-order valence-corrected chi connectivity index (χ0v) is 20.4. The Labute approximate surface area is 211 Å². The number of non-ortho nitro benzene ring substituents is 1. The monoisotopic (exact) mass is 495 g/mol. The highest BCUT2D eigenvalue weighted by Crippen LogP contribution is 2.48. The van der Waals surface area contributed by atoms with Gasteiger partial charge in [-0.3, -0.25) is 10.1 Å². The summed E-state index contributed by atoms with van der Waals surface area (Å²) in [5, 5.41) is 16.6. The third kappa shape index (κ3) is 3.11. The van der Waals surface area contributed by atoms with E-state index in [4.69, 9.17) is 18.9 Å². The molecular formula is C29H23N2O6+. The summed E-state index contributed by atoms with van der Waals surface area (Å²) in [5.74, 6) is 2.93. The Morgan fingerprint density at radius 3 is 2.57 bits per heavy atom. The first-order valence-corrected chi connectivity index (χ1v) is 12.1. The van der Waals surface area contributed by atoms with E-state index in [9.17, 15) is 10.1 Å². The number of rotatable bonds is 5. The molecule has 8 heteroatoms. The minimum atomic E-state index is -0.377. The van der Waals surface area contributed by atoms with Gasteiger partial charge in [-0.25, -0.2) is 0 Å². The molecule has 0 saturated heterocycles. The number of nitro groups is 1. The van der Waals surface area contributed by atoms with Gasteiger partial charge >= 0.3 is 0 Å². The summed E-state index contributed by atoms with van der Waals surface area (Å²) in [6.45, 7) is 1.02. The molecular weight excluding hydrogens is 472 g/mol. The second-order valence-electron chi connectivity index (χ2n) is 9.39. The molecule has 4 aromatic carbocycles. The average Bonchev–Trinajstić information content (AvgIpc) is 3.39. The summed E-state index contributed by atoms with van der Waals surface area (Å²) in [7, 11) is 3.31. The lowest BCUT2D eigenvalue weighted by atomic mass is 9.88. The maximum absolute atomic E-state index is 11.2. The van der Waals surface area contributed by atoms with Gasteiger partial charge in [0.05, 0.1) is 35.3 Å². The molecule has 0 unspecified atom stereocenters. The Balaban J connectivity index is 1.58. The fourth-order valence-corrected chi connectivity index (χ4v) is 5.87. The molecule has 1 aromatic heterocycles. The second kappa shape index (κ2) is 7.96. The first kappa shape index (κ1) is 21.7. The quantitative estimate of drug-likeness (QED) is 0.144. The molecule has 2 aliphatic rings. The van der Waals surface area contributed by atoms with Gasteiger partial charge in [0.1, 0.15) is 0 Å². The summed E-state index contributed by atoms with van der Waals surface area (Å²) in [5.41, 5.74) is 4.52. The van der Waals surface area contributed by atoms with Crippen LogP contribution in [0.25, 0.3) is 32.4 Å². The largest absolute Gasteiger partial charge is 0.493 e. The molecule has 0 fully saturated rings. The molecule has 0 bridgehead atoms. The van der Waals surface area contributed by atoms with Crippen molar-refractivity contribution in [3.05, 3.63) is 81.5 Å². The van der Waals surface area contributed by atoms with Crippen LogP contribution in [-0.4, -0.2) is 25.9 Å². The topological polar surface area (TPSA) is 83.9 Å². The van der Waals surface area contributed by atoms with E-state index in [1.54, 1.807) is 26.4 Å². The molecule has 184 valence electrons. The van der Waals surface area contributed by atoms with Crippen molar-refractivity contribution in [1.29, 1.82) is 0 Å². The SMILES string of the molecule is COc1ccc2c(c[n+]3c4c2cc(Cc2ccc([N+](=O)[O-])cc2)c2c5c(cc(c24)CC3)OCO5)c1OC. The Hall–Kier alpha value is -4.59. The summed E-state index contributed by atoms with van der Waals surface area (Å²) >= 11 is 0. The number of ether oxygens (including phenoxy) is 4. The van der Waals surface area contributed by atoms with Crippen molar-refractivity contribution in [2.75, 3.05) is 21.0 Å². The van der Waals surface area contributed by atoms with Crippen molar-refractivity contribution >= 4 is 38.1 Å². The van der Waals surface area contributed by atoms with Crippen LogP contribution in [0.5, 0.6) is 23.0 Å². The van der Waals surface area contributed by atoms with Crippen LogP contribution in [0.1, 0.15) is 16.7 Å². The van der Waals surface area contributed by atoms with E-state index in [2.05, 4.69) is 29.0 Å². The second-order valence-corrected chi connectivity index (χ2v) is 9.39. The molecule has 0 radical (unpaired) electrons. The van der Waals surface area contributed by atoms with Crippen LogP contribution in [0.4, 0.5) is 5.69 Å². The predicted octanol–water partition coefficient (Wildman–Crippen LogP) is 5.23. The van der Waals surface area contributed by atoms with E-state index < -0.39 is 0 Å². The number of aromatic nitrogens is 1. The Morgan fingerprint density at radius 2 is 1.81 bits per heavy atom. The number of hydrogen-bond acceptors (Lipinski definition) is 6. The first-order valence-electron chi connectivity index (χ1n) is 12.1. The minimum Gasteiger partial charge on any atom is -0.493 e. The summed E-state index contributed by atoms with van der Waals surface area (Å²) in [6, 6.07) is 15.1. The highest BCUT2D eigenvalue weighted by Gasteiger charge is 2.31. The summed E-state index contributed by atoms with van der Waals surface area (Å²) < 4.78 is 25.5. The van der Waals surface area contributed by atoms with Gasteiger partial charge in [0.2, 0.25) is 12.3 Å². The molecule has 0 aliphatic carbocycles. The van der Waals surface area contributed by atoms with Crippen LogP contribution in [0.15, 0.2) is 54.7 Å². The molecule has 0 atom stereocenters. The molecule has 7 rings (SSSR count). The van der Waals surface area contributed by atoms with Crippen molar-refractivity contribution in [1.82, 2.24) is 0 Å². The van der Waals surface area contributed by atoms with Crippen molar-refractivity contribution in [2.45, 2.75) is 19.4 Å². The van der Waals surface area contributed by atoms with Crippen LogP contribution in [-0.2, 0) is 19.4 Å². The number of methoxy groups -OCH3 is 2. The average molecular weight is 496 g/mol. The smallest absolute Gasteiger partial charge is 0.269 e. The standard InChI is InChI=1S/C29H23N2O6/c1-34-23-8-7-20-21-12-18(11-16-3-5-19(6-4-16)31(32)33)26-25-17(13-24-29(26)37-15-36-24)9-10-30(27(21)25)14-22(20)28(23)35-2/h3-8,12-14H,9-11,15H2,1-2H3/q+1. The lowest BCUT2D eigenvalue weighted by Gasteiger charge is -2.20. The number of benzene rings is 4. The van der Waals surface area contributed by atoms with E-state index in [1.807, 2.05) is 18.2 Å². The third-order valence-electron chi connectivity index (χ3n) is 7.49. The number of hydrogen-bond donors (Lipinski definition) is 0. The molecule has 8 nitrogen and oxygen atoms in total. The van der Waals surface area contributed by atoms with E-state index in [1.165, 1.54) is 10.9 Å². The van der Waals surface area contributed by atoms with E-state index in [0.717, 1.165) is 62.7 Å². The lowest BCUT2D eigenvalue weighted by molar-refractivity contribution is -0.670. The van der Waals surface area contributed by atoms with E-state index in [-0.39, 0.29) is 17.4 Å². The Kier molecular flexibility index (Phi) is 4.66. The Morgan fingerprint density at radius 1 is 0.973 bits per heavy atom. The van der Waals surface area contributed by atoms with Gasteiger partial charge in [-0.15, -0.1) is 0 Å². The molecule has 2 aliphatic heterocycles. The third-order valence-corrected chi connectivity index (χ3v) is 7.49. The highest BCUT2D eigenvalue weighted by atomic mass is 16.7. The van der Waals surface area contributed by atoms with Crippen molar-refractivity contribution in [3.8, 4) is 23.0 Å². The van der Waals surface area contributed by atoms with Crippen molar-refractivity contribution in [2.24, 2.45) is 0 Å². The van der Waals surface area contributed by atoms with E-state index >= 15 is 0 Å². The maximum Gasteiger partial charge on any atom is 0.269 e. The molecule has 0 N–H and O–H groups in total. The summed E-state index contributed by atoms with van der Waals surface area (Å²) in [4.78, 5) is 10.8. The minimum absolute atomic E-state index is 0.0783.